The molecule has 0 aliphatic carbocycles. The highest BCUT2D eigenvalue weighted by molar-refractivity contribution is 5.94. The number of nitrogens with zero attached hydrogens (tertiary/aromatic N) is 1. The zero-order valence-electron chi connectivity index (χ0n) is 10.9. The van der Waals surface area contributed by atoms with E-state index in [1.165, 1.54) is 6.07 Å². The number of carbonyl (C=O) groups excluding carboxylic acids is 1. The van der Waals surface area contributed by atoms with Gasteiger partial charge in [-0.15, -0.1) is 0 Å². The van der Waals surface area contributed by atoms with Crippen molar-refractivity contribution >= 4 is 5.91 Å². The van der Waals surface area contributed by atoms with E-state index in [4.69, 9.17) is 5.73 Å². The number of benzene rings is 1. The molecule has 1 aliphatic heterocycles. The summed E-state index contributed by atoms with van der Waals surface area (Å²) in [6.45, 7) is 3.20. The van der Waals surface area contributed by atoms with Crippen molar-refractivity contribution in [2.24, 2.45) is 11.7 Å². The topological polar surface area (TPSA) is 46.3 Å². The van der Waals surface area contributed by atoms with Crippen molar-refractivity contribution in [3.05, 3.63) is 35.4 Å². The maximum absolute atomic E-state index is 13.1. The number of rotatable bonds is 2. The summed E-state index contributed by atoms with van der Waals surface area (Å²) in [4.78, 5) is 13.8. The number of amides is 1. The van der Waals surface area contributed by atoms with E-state index in [1.54, 1.807) is 4.90 Å². The predicted molar refractivity (Wildman–Crippen MR) is 68.6 cm³/mol. The zero-order chi connectivity index (χ0) is 14.0. The third-order valence-corrected chi connectivity index (χ3v) is 3.74. The van der Waals surface area contributed by atoms with Crippen molar-refractivity contribution in [3.63, 3.8) is 0 Å². The summed E-state index contributed by atoms with van der Waals surface area (Å²) in [6.07, 6.45) is 1.71. The molecule has 5 heteroatoms. The lowest BCUT2D eigenvalue weighted by atomic mass is 9.90. The summed E-state index contributed by atoms with van der Waals surface area (Å²) in [7, 11) is 0. The number of carbonyl (C=O) groups is 1. The number of piperidine rings is 1. The lowest BCUT2D eigenvalue weighted by Gasteiger charge is -2.33. The van der Waals surface area contributed by atoms with Gasteiger partial charge in [0.15, 0.2) is 11.6 Å². The molecule has 1 aromatic rings. The van der Waals surface area contributed by atoms with E-state index in [2.05, 4.69) is 0 Å². The second-order valence-corrected chi connectivity index (χ2v) is 5.12. The monoisotopic (exact) mass is 268 g/mol. The Hall–Kier alpha value is -1.49. The van der Waals surface area contributed by atoms with Gasteiger partial charge in [-0.1, -0.05) is 0 Å². The Morgan fingerprint density at radius 3 is 2.47 bits per heavy atom. The molecule has 2 N–H and O–H groups in total. The molecule has 3 nitrogen and oxygen atoms in total. The molecule has 104 valence electrons. The van der Waals surface area contributed by atoms with Crippen molar-refractivity contribution < 1.29 is 13.6 Å². The Balaban J connectivity index is 2.03. The van der Waals surface area contributed by atoms with Gasteiger partial charge in [-0.25, -0.2) is 8.78 Å². The first kappa shape index (κ1) is 13.9. The average molecular weight is 268 g/mol. The highest BCUT2D eigenvalue weighted by Gasteiger charge is 2.25. The second kappa shape index (κ2) is 5.65. The minimum Gasteiger partial charge on any atom is -0.339 e. The van der Waals surface area contributed by atoms with Crippen molar-refractivity contribution in [2.75, 3.05) is 13.1 Å². The van der Waals surface area contributed by atoms with E-state index in [1.807, 2.05) is 6.92 Å². The van der Waals surface area contributed by atoms with Crippen LogP contribution >= 0.6 is 0 Å². The Kier molecular flexibility index (Phi) is 4.14. The van der Waals surface area contributed by atoms with Crippen LogP contribution in [0.15, 0.2) is 18.2 Å². The van der Waals surface area contributed by atoms with Gasteiger partial charge in [0, 0.05) is 24.7 Å². The number of hydrogen-bond acceptors (Lipinski definition) is 2. The standard InChI is InChI=1S/C14H18F2N2O/c1-9(17)10-4-6-18(7-5-10)14(19)11-2-3-12(15)13(16)8-11/h2-3,8-10H,4-7,17H2,1H3. The summed E-state index contributed by atoms with van der Waals surface area (Å²) < 4.78 is 25.9. The van der Waals surface area contributed by atoms with E-state index < -0.39 is 11.6 Å². The smallest absolute Gasteiger partial charge is 0.253 e. The minimum absolute atomic E-state index is 0.125. The van der Waals surface area contributed by atoms with Crippen LogP contribution < -0.4 is 5.73 Å². The van der Waals surface area contributed by atoms with E-state index in [-0.39, 0.29) is 17.5 Å². The summed E-state index contributed by atoms with van der Waals surface area (Å²) in [6, 6.07) is 3.38. The first-order valence-corrected chi connectivity index (χ1v) is 6.49. The van der Waals surface area contributed by atoms with Crippen molar-refractivity contribution in [3.8, 4) is 0 Å². The van der Waals surface area contributed by atoms with Crippen molar-refractivity contribution in [1.29, 1.82) is 0 Å². The number of hydrogen-bond donors (Lipinski definition) is 1. The first-order valence-electron chi connectivity index (χ1n) is 6.49. The molecule has 1 fully saturated rings. The van der Waals surface area contributed by atoms with E-state index in [0.717, 1.165) is 25.0 Å². The molecule has 2 rings (SSSR count). The summed E-state index contributed by atoms with van der Waals surface area (Å²) in [5, 5.41) is 0. The van der Waals surface area contributed by atoms with Crippen LogP contribution in [0.5, 0.6) is 0 Å². The molecule has 0 aromatic heterocycles. The van der Waals surface area contributed by atoms with Crippen LogP contribution in [-0.4, -0.2) is 29.9 Å². The molecule has 1 saturated heterocycles. The van der Waals surface area contributed by atoms with Crippen LogP contribution in [0.25, 0.3) is 0 Å². The van der Waals surface area contributed by atoms with Crippen LogP contribution in [-0.2, 0) is 0 Å². The predicted octanol–water partition coefficient (Wildman–Crippen LogP) is 2.16. The molecule has 0 radical (unpaired) electrons. The molecule has 1 amide bonds. The van der Waals surface area contributed by atoms with Gasteiger partial charge in [-0.05, 0) is 43.9 Å². The van der Waals surface area contributed by atoms with Crippen LogP contribution in [0.3, 0.4) is 0 Å². The van der Waals surface area contributed by atoms with Crippen molar-refractivity contribution in [2.45, 2.75) is 25.8 Å². The quantitative estimate of drug-likeness (QED) is 0.893. The van der Waals surface area contributed by atoms with E-state index >= 15 is 0 Å². The molecule has 0 bridgehead atoms. The van der Waals surface area contributed by atoms with Gasteiger partial charge in [0.2, 0.25) is 0 Å². The van der Waals surface area contributed by atoms with E-state index in [9.17, 15) is 13.6 Å². The van der Waals surface area contributed by atoms with Crippen molar-refractivity contribution in [1.82, 2.24) is 4.90 Å². The lowest BCUT2D eigenvalue weighted by Crippen LogP contribution is -2.42. The number of halogens is 2. The SMILES string of the molecule is CC(N)C1CCN(C(=O)c2ccc(F)c(F)c2)CC1. The third-order valence-electron chi connectivity index (χ3n) is 3.74. The van der Waals surface area contributed by atoms with Gasteiger partial charge in [-0.3, -0.25) is 4.79 Å². The molecule has 1 aliphatic rings. The molecular formula is C14H18F2N2O. The maximum Gasteiger partial charge on any atom is 0.253 e. The number of likely N-dealkylation sites (tertiary alicyclic amines) is 1. The minimum atomic E-state index is -0.990. The fraction of sp³-hybridized carbons (Fsp3) is 0.500. The van der Waals surface area contributed by atoms with Crippen LogP contribution in [0.2, 0.25) is 0 Å². The van der Waals surface area contributed by atoms with Gasteiger partial charge in [0.25, 0.3) is 5.91 Å². The Morgan fingerprint density at radius 1 is 1.32 bits per heavy atom. The van der Waals surface area contributed by atoms with Gasteiger partial charge in [0.1, 0.15) is 0 Å². The molecule has 1 aromatic carbocycles. The molecule has 0 saturated carbocycles. The third kappa shape index (κ3) is 3.10. The Labute approximate surface area is 111 Å². The zero-order valence-corrected chi connectivity index (χ0v) is 10.9. The van der Waals surface area contributed by atoms with Gasteiger partial charge in [-0.2, -0.15) is 0 Å². The summed E-state index contributed by atoms with van der Waals surface area (Å²) in [5.74, 6) is -1.75. The normalized spacial score (nSPS) is 18.4. The maximum atomic E-state index is 13.1. The van der Waals surface area contributed by atoms with E-state index in [0.29, 0.717) is 19.0 Å². The molecule has 1 heterocycles. The Morgan fingerprint density at radius 2 is 1.95 bits per heavy atom. The fourth-order valence-corrected chi connectivity index (χ4v) is 2.44. The largest absolute Gasteiger partial charge is 0.339 e. The first-order chi connectivity index (χ1) is 8.99. The summed E-state index contributed by atoms with van der Waals surface area (Å²) in [5.41, 5.74) is 6.03. The van der Waals surface area contributed by atoms with Gasteiger partial charge in [0.05, 0.1) is 0 Å². The highest BCUT2D eigenvalue weighted by atomic mass is 19.2. The Bertz CT molecular complexity index is 469. The highest BCUT2D eigenvalue weighted by Crippen LogP contribution is 2.21. The summed E-state index contributed by atoms with van der Waals surface area (Å²) >= 11 is 0. The fourth-order valence-electron chi connectivity index (χ4n) is 2.44. The van der Waals surface area contributed by atoms with Crippen LogP contribution in [0.1, 0.15) is 30.1 Å². The molecule has 0 spiro atoms. The van der Waals surface area contributed by atoms with Crippen LogP contribution in [0.4, 0.5) is 8.78 Å². The second-order valence-electron chi connectivity index (χ2n) is 5.12. The van der Waals surface area contributed by atoms with Gasteiger partial charge < -0.3 is 10.6 Å². The average Bonchev–Trinajstić information content (AvgIpc) is 2.41. The lowest BCUT2D eigenvalue weighted by molar-refractivity contribution is 0.0680. The number of nitrogens with two attached hydrogens (primary N) is 1. The molecular weight excluding hydrogens is 250 g/mol. The van der Waals surface area contributed by atoms with Gasteiger partial charge >= 0.3 is 0 Å². The molecule has 1 unspecified atom stereocenters. The molecule has 19 heavy (non-hydrogen) atoms. The van der Waals surface area contributed by atoms with Crippen LogP contribution in [0, 0.1) is 17.6 Å². The molecule has 1 atom stereocenters.